The lowest BCUT2D eigenvalue weighted by Crippen LogP contribution is -1.99. The summed E-state index contributed by atoms with van der Waals surface area (Å²) in [5.74, 6) is -0.0692. The molecule has 0 spiro atoms. The highest BCUT2D eigenvalue weighted by atomic mass is 35.5. The molecular formula is C14H9ClO2. The highest BCUT2D eigenvalue weighted by molar-refractivity contribution is 6.30. The molecule has 2 nitrogen and oxygen atoms in total. The van der Waals surface area contributed by atoms with Crippen molar-refractivity contribution in [3.8, 4) is 0 Å². The van der Waals surface area contributed by atoms with Gasteiger partial charge in [0.05, 0.1) is 5.88 Å². The molecule has 0 N–H and O–H groups in total. The van der Waals surface area contributed by atoms with E-state index in [0.717, 1.165) is 21.9 Å². The summed E-state index contributed by atoms with van der Waals surface area (Å²) in [7, 11) is 0. The van der Waals surface area contributed by atoms with Gasteiger partial charge in [-0.3, -0.25) is 4.79 Å². The zero-order chi connectivity index (χ0) is 11.8. The Balaban J connectivity index is 2.33. The number of hydrogen-bond donors (Lipinski definition) is 0. The van der Waals surface area contributed by atoms with Crippen molar-refractivity contribution >= 4 is 39.3 Å². The third-order valence-electron chi connectivity index (χ3n) is 2.82. The number of para-hydroxylation sites is 1. The molecule has 0 unspecified atom stereocenters. The molecule has 0 aliphatic carbocycles. The second-order valence-corrected chi connectivity index (χ2v) is 4.13. The van der Waals surface area contributed by atoms with E-state index in [-0.39, 0.29) is 11.7 Å². The van der Waals surface area contributed by atoms with Crippen LogP contribution in [0.15, 0.2) is 46.9 Å². The van der Waals surface area contributed by atoms with Gasteiger partial charge in [0, 0.05) is 16.3 Å². The number of benzene rings is 2. The summed E-state index contributed by atoms with van der Waals surface area (Å²) in [6.45, 7) is 0. The molecule has 2 aromatic carbocycles. The van der Waals surface area contributed by atoms with Gasteiger partial charge >= 0.3 is 0 Å². The molecule has 84 valence electrons. The maximum Gasteiger partial charge on any atom is 0.177 e. The van der Waals surface area contributed by atoms with E-state index in [1.807, 2.05) is 36.4 Å². The molecule has 0 fully saturated rings. The number of furan rings is 1. The first kappa shape index (κ1) is 10.4. The topological polar surface area (TPSA) is 30.2 Å². The van der Waals surface area contributed by atoms with Crippen LogP contribution in [0.1, 0.15) is 10.4 Å². The Morgan fingerprint density at radius 1 is 1.06 bits per heavy atom. The van der Waals surface area contributed by atoms with Gasteiger partial charge in [0.25, 0.3) is 0 Å². The summed E-state index contributed by atoms with van der Waals surface area (Å²) in [5, 5.41) is 1.98. The van der Waals surface area contributed by atoms with Crippen LogP contribution in [0.4, 0.5) is 0 Å². The third kappa shape index (κ3) is 1.61. The van der Waals surface area contributed by atoms with Gasteiger partial charge in [0.15, 0.2) is 5.78 Å². The first-order valence-electron chi connectivity index (χ1n) is 5.30. The summed E-state index contributed by atoms with van der Waals surface area (Å²) in [4.78, 5) is 11.6. The zero-order valence-electron chi connectivity index (χ0n) is 8.94. The summed E-state index contributed by atoms with van der Waals surface area (Å²) in [6, 6.07) is 13.2. The van der Waals surface area contributed by atoms with Crippen molar-refractivity contribution in [2.24, 2.45) is 0 Å². The molecule has 0 atom stereocenters. The number of fused-ring (bicyclic) bond motifs is 3. The smallest absolute Gasteiger partial charge is 0.177 e. The van der Waals surface area contributed by atoms with Crippen LogP contribution in [0.25, 0.3) is 21.9 Å². The Hall–Kier alpha value is -1.80. The number of Topliss-reactive ketones (excluding diaryl/α,β-unsaturated/α-hetero) is 1. The maximum atomic E-state index is 11.6. The van der Waals surface area contributed by atoms with Crippen molar-refractivity contribution < 1.29 is 9.21 Å². The van der Waals surface area contributed by atoms with Gasteiger partial charge in [-0.25, -0.2) is 0 Å². The number of carbonyl (C=O) groups excluding carboxylic acids is 1. The molecule has 0 bridgehead atoms. The lowest BCUT2D eigenvalue weighted by molar-refractivity contribution is 0.102. The molecular weight excluding hydrogens is 236 g/mol. The molecule has 0 aliphatic heterocycles. The number of carbonyl (C=O) groups is 1. The van der Waals surface area contributed by atoms with Crippen molar-refractivity contribution in [2.45, 2.75) is 0 Å². The Morgan fingerprint density at radius 2 is 1.82 bits per heavy atom. The molecule has 0 radical (unpaired) electrons. The van der Waals surface area contributed by atoms with Crippen LogP contribution in [0.2, 0.25) is 0 Å². The predicted molar refractivity (Wildman–Crippen MR) is 68.8 cm³/mol. The second kappa shape index (κ2) is 3.90. The molecule has 17 heavy (non-hydrogen) atoms. The van der Waals surface area contributed by atoms with E-state index in [4.69, 9.17) is 16.0 Å². The standard InChI is InChI=1S/C14H9ClO2/c15-8-12(16)9-5-6-14-11(7-9)10-3-1-2-4-13(10)17-14/h1-7H,8H2. The molecule has 1 aromatic heterocycles. The van der Waals surface area contributed by atoms with E-state index in [9.17, 15) is 4.79 Å². The normalized spacial score (nSPS) is 11.1. The van der Waals surface area contributed by atoms with Gasteiger partial charge in [-0.05, 0) is 24.3 Å². The minimum Gasteiger partial charge on any atom is -0.456 e. The highest BCUT2D eigenvalue weighted by Crippen LogP contribution is 2.29. The van der Waals surface area contributed by atoms with Crippen molar-refractivity contribution in [2.75, 3.05) is 5.88 Å². The van der Waals surface area contributed by atoms with E-state index < -0.39 is 0 Å². The monoisotopic (exact) mass is 244 g/mol. The average molecular weight is 245 g/mol. The molecule has 0 aliphatic rings. The van der Waals surface area contributed by atoms with Crippen LogP contribution in [0.5, 0.6) is 0 Å². The predicted octanol–water partition coefficient (Wildman–Crippen LogP) is 4.01. The molecule has 3 aromatic rings. The van der Waals surface area contributed by atoms with Crippen molar-refractivity contribution in [1.29, 1.82) is 0 Å². The molecule has 1 heterocycles. The van der Waals surface area contributed by atoms with Crippen LogP contribution >= 0.6 is 11.6 Å². The average Bonchev–Trinajstić information content (AvgIpc) is 2.75. The van der Waals surface area contributed by atoms with E-state index in [2.05, 4.69) is 0 Å². The van der Waals surface area contributed by atoms with Crippen LogP contribution in [-0.2, 0) is 0 Å². The highest BCUT2D eigenvalue weighted by Gasteiger charge is 2.09. The lowest BCUT2D eigenvalue weighted by atomic mass is 10.1. The first-order chi connectivity index (χ1) is 8.29. The fourth-order valence-electron chi connectivity index (χ4n) is 1.98. The SMILES string of the molecule is O=C(CCl)c1ccc2oc3ccccc3c2c1. The van der Waals surface area contributed by atoms with Gasteiger partial charge in [-0.15, -0.1) is 11.6 Å². The van der Waals surface area contributed by atoms with E-state index in [1.165, 1.54) is 0 Å². The molecule has 0 saturated heterocycles. The van der Waals surface area contributed by atoms with Gasteiger partial charge in [-0.2, -0.15) is 0 Å². The van der Waals surface area contributed by atoms with Crippen LogP contribution in [0, 0.1) is 0 Å². The first-order valence-corrected chi connectivity index (χ1v) is 5.83. The van der Waals surface area contributed by atoms with Crippen LogP contribution in [0.3, 0.4) is 0 Å². The van der Waals surface area contributed by atoms with Crippen molar-refractivity contribution in [3.63, 3.8) is 0 Å². The van der Waals surface area contributed by atoms with Crippen molar-refractivity contribution in [1.82, 2.24) is 0 Å². The number of halogens is 1. The number of alkyl halides is 1. The van der Waals surface area contributed by atoms with Crippen molar-refractivity contribution in [3.05, 3.63) is 48.0 Å². The van der Waals surface area contributed by atoms with Crippen LogP contribution < -0.4 is 0 Å². The maximum absolute atomic E-state index is 11.6. The third-order valence-corrected chi connectivity index (χ3v) is 3.06. The van der Waals surface area contributed by atoms with Gasteiger partial charge in [0.2, 0.25) is 0 Å². The Kier molecular flexibility index (Phi) is 2.37. The van der Waals surface area contributed by atoms with E-state index in [1.54, 1.807) is 6.07 Å². The second-order valence-electron chi connectivity index (χ2n) is 3.87. The van der Waals surface area contributed by atoms with Crippen LogP contribution in [-0.4, -0.2) is 11.7 Å². The lowest BCUT2D eigenvalue weighted by Gasteiger charge is -1.96. The Morgan fingerprint density at radius 3 is 2.65 bits per heavy atom. The Labute approximate surface area is 103 Å². The minimum absolute atomic E-state index is 0.00128. The summed E-state index contributed by atoms with van der Waals surface area (Å²) in [6.07, 6.45) is 0. The van der Waals surface area contributed by atoms with Gasteiger partial charge in [-0.1, -0.05) is 18.2 Å². The summed E-state index contributed by atoms with van der Waals surface area (Å²) < 4.78 is 5.68. The largest absolute Gasteiger partial charge is 0.456 e. The van der Waals surface area contributed by atoms with E-state index in [0.29, 0.717) is 5.56 Å². The van der Waals surface area contributed by atoms with Gasteiger partial charge < -0.3 is 4.42 Å². The number of ketones is 1. The number of hydrogen-bond acceptors (Lipinski definition) is 2. The Bertz CT molecular complexity index is 712. The fraction of sp³-hybridized carbons (Fsp3) is 0.0714. The molecule has 0 amide bonds. The fourth-order valence-corrected chi connectivity index (χ4v) is 2.13. The molecule has 0 saturated carbocycles. The zero-order valence-corrected chi connectivity index (χ0v) is 9.70. The quantitative estimate of drug-likeness (QED) is 0.504. The molecule has 3 heteroatoms. The molecule has 3 rings (SSSR count). The summed E-state index contributed by atoms with van der Waals surface area (Å²) >= 11 is 5.56. The van der Waals surface area contributed by atoms with Gasteiger partial charge in [0.1, 0.15) is 11.2 Å². The summed E-state index contributed by atoms with van der Waals surface area (Å²) in [5.41, 5.74) is 2.24. The minimum atomic E-state index is -0.0705. The van der Waals surface area contributed by atoms with E-state index >= 15 is 0 Å². The number of rotatable bonds is 2.